The van der Waals surface area contributed by atoms with Gasteiger partial charge in [0, 0.05) is 49.4 Å². The van der Waals surface area contributed by atoms with E-state index in [1.54, 1.807) is 6.20 Å². The summed E-state index contributed by atoms with van der Waals surface area (Å²) in [5.41, 5.74) is 4.17. The van der Waals surface area contributed by atoms with Gasteiger partial charge in [0.2, 0.25) is 0 Å². The number of carbonyl (C=O) groups is 1. The maximum Gasteiger partial charge on any atom is 0.254 e. The summed E-state index contributed by atoms with van der Waals surface area (Å²) in [7, 11) is 0. The zero-order chi connectivity index (χ0) is 19.5. The van der Waals surface area contributed by atoms with Crippen molar-refractivity contribution in [3.8, 4) is 0 Å². The van der Waals surface area contributed by atoms with Crippen LogP contribution in [0, 0.1) is 13.8 Å². The van der Waals surface area contributed by atoms with Gasteiger partial charge in [0.05, 0.1) is 6.54 Å². The molecule has 5 heteroatoms. The highest BCUT2D eigenvalue weighted by molar-refractivity contribution is 5.95. The molecule has 1 saturated heterocycles. The number of piperidine rings is 1. The second kappa shape index (κ2) is 7.97. The van der Waals surface area contributed by atoms with E-state index in [4.69, 9.17) is 0 Å². The fraction of sp³-hybridized carbons (Fsp3) is 0.348. The predicted octanol–water partition coefficient (Wildman–Crippen LogP) is 3.96. The number of likely N-dealkylation sites (tertiary alicyclic amines) is 1. The van der Waals surface area contributed by atoms with Crippen LogP contribution in [-0.4, -0.2) is 38.4 Å². The fourth-order valence-electron chi connectivity index (χ4n) is 3.98. The summed E-state index contributed by atoms with van der Waals surface area (Å²) in [4.78, 5) is 23.8. The molecule has 1 aliphatic heterocycles. The molecule has 5 nitrogen and oxygen atoms in total. The molecule has 144 valence electrons. The van der Waals surface area contributed by atoms with Gasteiger partial charge in [-0.1, -0.05) is 23.8 Å². The van der Waals surface area contributed by atoms with Crippen molar-refractivity contribution in [1.29, 1.82) is 0 Å². The zero-order valence-corrected chi connectivity index (χ0v) is 16.5. The number of hydrogen-bond donors (Lipinski definition) is 0. The summed E-state index contributed by atoms with van der Waals surface area (Å²) < 4.78 is 2.21. The highest BCUT2D eigenvalue weighted by Gasteiger charge is 2.27. The Morgan fingerprint density at radius 2 is 1.96 bits per heavy atom. The molecule has 1 aliphatic rings. The number of hydrogen-bond acceptors (Lipinski definition) is 3. The number of rotatable bonds is 4. The van der Waals surface area contributed by atoms with E-state index in [1.165, 1.54) is 5.56 Å². The Labute approximate surface area is 166 Å². The van der Waals surface area contributed by atoms with Crippen LogP contribution in [0.2, 0.25) is 0 Å². The second-order valence-corrected chi connectivity index (χ2v) is 7.66. The molecule has 1 fully saturated rings. The van der Waals surface area contributed by atoms with Gasteiger partial charge in [-0.2, -0.15) is 0 Å². The number of amides is 1. The van der Waals surface area contributed by atoms with Crippen molar-refractivity contribution in [3.05, 3.63) is 83.2 Å². The van der Waals surface area contributed by atoms with Gasteiger partial charge in [0.15, 0.2) is 0 Å². The lowest BCUT2D eigenvalue weighted by Gasteiger charge is -2.32. The third kappa shape index (κ3) is 3.84. The van der Waals surface area contributed by atoms with Crippen molar-refractivity contribution >= 4 is 5.91 Å². The molecule has 0 aliphatic carbocycles. The van der Waals surface area contributed by atoms with Crippen LogP contribution in [0.5, 0.6) is 0 Å². The van der Waals surface area contributed by atoms with Crippen LogP contribution >= 0.6 is 0 Å². The van der Waals surface area contributed by atoms with Gasteiger partial charge in [0.25, 0.3) is 5.91 Å². The summed E-state index contributed by atoms with van der Waals surface area (Å²) in [5, 5.41) is 0. The summed E-state index contributed by atoms with van der Waals surface area (Å²) in [5.74, 6) is 1.65. The molecule has 0 atom stereocenters. The highest BCUT2D eigenvalue weighted by Crippen LogP contribution is 2.28. The van der Waals surface area contributed by atoms with Crippen molar-refractivity contribution < 1.29 is 4.79 Å². The smallest absolute Gasteiger partial charge is 0.254 e. The van der Waals surface area contributed by atoms with Gasteiger partial charge in [-0.15, -0.1) is 0 Å². The van der Waals surface area contributed by atoms with Gasteiger partial charge in [0.1, 0.15) is 5.82 Å². The van der Waals surface area contributed by atoms with Crippen LogP contribution in [-0.2, 0) is 6.54 Å². The largest absolute Gasteiger partial charge is 0.339 e. The molecular formula is C23H26N4O. The molecule has 0 radical (unpaired) electrons. The number of benzene rings is 1. The Bertz CT molecular complexity index is 956. The molecule has 3 aromatic rings. The molecule has 1 aromatic carbocycles. The molecule has 1 amide bonds. The van der Waals surface area contributed by atoms with E-state index in [-0.39, 0.29) is 5.91 Å². The van der Waals surface area contributed by atoms with Crippen molar-refractivity contribution in [2.75, 3.05) is 13.1 Å². The highest BCUT2D eigenvalue weighted by atomic mass is 16.2. The molecule has 0 N–H and O–H groups in total. The normalized spacial score (nSPS) is 15.0. The third-order valence-electron chi connectivity index (χ3n) is 5.59. The first-order valence-electron chi connectivity index (χ1n) is 9.88. The van der Waals surface area contributed by atoms with Crippen LogP contribution in [0.15, 0.2) is 55.1 Å². The lowest BCUT2D eigenvalue weighted by molar-refractivity contribution is 0.0709. The maximum absolute atomic E-state index is 13.0. The van der Waals surface area contributed by atoms with Gasteiger partial charge in [-0.3, -0.25) is 9.78 Å². The molecule has 2 aromatic heterocycles. The van der Waals surface area contributed by atoms with Crippen molar-refractivity contribution in [2.45, 2.75) is 39.2 Å². The summed E-state index contributed by atoms with van der Waals surface area (Å²) in [6, 6.07) is 10.1. The molecule has 0 unspecified atom stereocenters. The molecular weight excluding hydrogens is 348 g/mol. The molecule has 28 heavy (non-hydrogen) atoms. The quantitative estimate of drug-likeness (QED) is 0.694. The minimum absolute atomic E-state index is 0.151. The van der Waals surface area contributed by atoms with E-state index in [1.807, 2.05) is 55.5 Å². The Morgan fingerprint density at radius 1 is 1.14 bits per heavy atom. The van der Waals surface area contributed by atoms with Crippen molar-refractivity contribution in [2.24, 2.45) is 0 Å². The van der Waals surface area contributed by atoms with Crippen LogP contribution in [0.25, 0.3) is 0 Å². The fourth-order valence-corrected chi connectivity index (χ4v) is 3.98. The molecule has 0 spiro atoms. The average Bonchev–Trinajstić information content (AvgIpc) is 3.18. The van der Waals surface area contributed by atoms with Crippen LogP contribution in [0.1, 0.15) is 51.6 Å². The molecule has 0 saturated carbocycles. The predicted molar refractivity (Wildman–Crippen MR) is 109 cm³/mol. The van der Waals surface area contributed by atoms with Gasteiger partial charge < -0.3 is 9.47 Å². The van der Waals surface area contributed by atoms with Gasteiger partial charge in [-0.05, 0) is 49.9 Å². The first kappa shape index (κ1) is 18.4. The first-order chi connectivity index (χ1) is 13.6. The maximum atomic E-state index is 13.0. The molecule has 4 rings (SSSR count). The number of carbonyl (C=O) groups excluding carboxylic acids is 1. The Hall–Kier alpha value is -2.95. The van der Waals surface area contributed by atoms with Gasteiger partial charge >= 0.3 is 0 Å². The number of nitrogens with zero attached hydrogens (tertiary/aromatic N) is 4. The number of pyridine rings is 1. The Morgan fingerprint density at radius 3 is 2.71 bits per heavy atom. The molecule has 3 heterocycles. The van der Waals surface area contributed by atoms with Crippen LogP contribution in [0.3, 0.4) is 0 Å². The number of aryl methyl sites for hydroxylation is 2. The lowest BCUT2D eigenvalue weighted by atomic mass is 9.94. The van der Waals surface area contributed by atoms with E-state index >= 15 is 0 Å². The van der Waals surface area contributed by atoms with Crippen LogP contribution in [0.4, 0.5) is 0 Å². The first-order valence-corrected chi connectivity index (χ1v) is 9.88. The van der Waals surface area contributed by atoms with E-state index < -0.39 is 0 Å². The zero-order valence-electron chi connectivity index (χ0n) is 16.5. The summed E-state index contributed by atoms with van der Waals surface area (Å²) in [6.45, 7) is 6.37. The third-order valence-corrected chi connectivity index (χ3v) is 5.59. The van der Waals surface area contributed by atoms with E-state index in [0.717, 1.165) is 55.0 Å². The number of aromatic nitrogens is 3. The minimum Gasteiger partial charge on any atom is -0.339 e. The lowest BCUT2D eigenvalue weighted by Crippen LogP contribution is -2.38. The second-order valence-electron chi connectivity index (χ2n) is 7.66. The number of imidazole rings is 1. The topological polar surface area (TPSA) is 51.0 Å². The Kier molecular flexibility index (Phi) is 5.24. The molecule has 0 bridgehead atoms. The van der Waals surface area contributed by atoms with Gasteiger partial charge in [-0.25, -0.2) is 4.98 Å². The summed E-state index contributed by atoms with van der Waals surface area (Å²) in [6.07, 6.45) is 9.49. The van der Waals surface area contributed by atoms with E-state index in [0.29, 0.717) is 5.92 Å². The van der Waals surface area contributed by atoms with E-state index in [2.05, 4.69) is 26.7 Å². The average molecular weight is 374 g/mol. The minimum atomic E-state index is 0.151. The SMILES string of the molecule is Cc1ccc(C)c(C(=O)N2CCC(c3nccn3Cc3cccnc3)CC2)c1. The summed E-state index contributed by atoms with van der Waals surface area (Å²) >= 11 is 0. The van der Waals surface area contributed by atoms with Crippen LogP contribution < -0.4 is 0 Å². The standard InChI is InChI=1S/C23H26N4O/c1-17-5-6-18(2)21(14-17)23(28)26-11-7-20(8-12-26)22-25-10-13-27(22)16-19-4-3-9-24-15-19/h3-6,9-10,13-15,20H,7-8,11-12,16H2,1-2H3. The monoisotopic (exact) mass is 374 g/mol. The Balaban J connectivity index is 1.43. The van der Waals surface area contributed by atoms with Crippen molar-refractivity contribution in [3.63, 3.8) is 0 Å². The van der Waals surface area contributed by atoms with Crippen molar-refractivity contribution in [1.82, 2.24) is 19.4 Å². The van der Waals surface area contributed by atoms with E-state index in [9.17, 15) is 4.79 Å².